The van der Waals surface area contributed by atoms with Gasteiger partial charge in [0, 0.05) is 12.6 Å². The molecule has 20 heavy (non-hydrogen) atoms. The maximum atomic E-state index is 12.5. The van der Waals surface area contributed by atoms with Crippen LogP contribution in [0.4, 0.5) is 0 Å². The van der Waals surface area contributed by atoms with Crippen molar-refractivity contribution in [3.63, 3.8) is 0 Å². The van der Waals surface area contributed by atoms with Gasteiger partial charge in [0.05, 0.1) is 0 Å². The number of amides is 1. The quantitative estimate of drug-likeness (QED) is 0.281. The molecule has 116 valence electrons. The highest BCUT2D eigenvalue weighted by atomic mass is 16.4. The van der Waals surface area contributed by atoms with Gasteiger partial charge in [-0.05, 0) is 39.3 Å². The summed E-state index contributed by atoms with van der Waals surface area (Å²) in [7, 11) is 3.98. The van der Waals surface area contributed by atoms with Crippen molar-refractivity contribution in [2.45, 2.75) is 45.6 Å². The molecule has 0 aromatic heterocycles. The Morgan fingerprint density at radius 3 is 2.40 bits per heavy atom. The van der Waals surface area contributed by atoms with Gasteiger partial charge >= 0.3 is 0 Å². The first kappa shape index (κ1) is 16.8. The number of nitrogens with two attached hydrogens (primary N) is 1. The van der Waals surface area contributed by atoms with Crippen molar-refractivity contribution in [1.29, 1.82) is 0 Å². The maximum absolute atomic E-state index is 12.5. The molecule has 1 saturated carbocycles. The number of hydrogen-bond donors (Lipinski definition) is 3. The maximum Gasteiger partial charge on any atom is 0.234 e. The Kier molecular flexibility index (Phi) is 5.80. The van der Waals surface area contributed by atoms with Gasteiger partial charge in [-0.3, -0.25) is 4.79 Å². The summed E-state index contributed by atoms with van der Waals surface area (Å²) >= 11 is 0. The molecule has 6 nitrogen and oxygen atoms in total. The van der Waals surface area contributed by atoms with E-state index in [1.54, 1.807) is 0 Å². The lowest BCUT2D eigenvalue weighted by atomic mass is 9.67. The number of rotatable bonds is 7. The van der Waals surface area contributed by atoms with E-state index in [2.05, 4.69) is 29.2 Å². The smallest absolute Gasteiger partial charge is 0.234 e. The van der Waals surface area contributed by atoms with E-state index in [4.69, 9.17) is 10.9 Å². The minimum absolute atomic E-state index is 0.0365. The van der Waals surface area contributed by atoms with Gasteiger partial charge in [0.2, 0.25) is 5.91 Å². The molecule has 1 aliphatic carbocycles. The molecule has 0 aliphatic heterocycles. The molecular weight excluding hydrogens is 256 g/mol. The fourth-order valence-corrected chi connectivity index (χ4v) is 2.74. The molecule has 0 heterocycles. The van der Waals surface area contributed by atoms with Crippen molar-refractivity contribution in [2.24, 2.45) is 22.2 Å². The van der Waals surface area contributed by atoms with Crippen molar-refractivity contribution in [1.82, 2.24) is 10.2 Å². The van der Waals surface area contributed by atoms with Gasteiger partial charge in [0.1, 0.15) is 5.41 Å². The summed E-state index contributed by atoms with van der Waals surface area (Å²) in [4.78, 5) is 14.6. The van der Waals surface area contributed by atoms with E-state index >= 15 is 0 Å². The number of amidine groups is 1. The van der Waals surface area contributed by atoms with Crippen LogP contribution in [0.1, 0.15) is 39.5 Å². The SMILES string of the molecule is CC(C)CC(CN(C)C)NC(=O)C1(C(N)=NO)CCC1. The second-order valence-electron chi connectivity index (χ2n) is 6.48. The van der Waals surface area contributed by atoms with Crippen LogP contribution in [-0.4, -0.2) is 48.5 Å². The van der Waals surface area contributed by atoms with E-state index in [9.17, 15) is 4.79 Å². The fourth-order valence-electron chi connectivity index (χ4n) is 2.74. The third kappa shape index (κ3) is 3.85. The van der Waals surface area contributed by atoms with E-state index in [-0.39, 0.29) is 17.8 Å². The summed E-state index contributed by atoms with van der Waals surface area (Å²) in [6.45, 7) is 5.06. The van der Waals surface area contributed by atoms with Gasteiger partial charge in [0.25, 0.3) is 0 Å². The number of nitrogens with one attached hydrogen (secondary N) is 1. The van der Waals surface area contributed by atoms with Gasteiger partial charge in [-0.25, -0.2) is 0 Å². The Balaban J connectivity index is 2.74. The predicted octanol–water partition coefficient (Wildman–Crippen LogP) is 0.996. The zero-order chi connectivity index (χ0) is 15.3. The average Bonchev–Trinajstić information content (AvgIpc) is 2.24. The lowest BCUT2D eigenvalue weighted by Crippen LogP contribution is -2.57. The topological polar surface area (TPSA) is 91.0 Å². The van der Waals surface area contributed by atoms with Crippen LogP contribution in [0.3, 0.4) is 0 Å². The Labute approximate surface area is 121 Å². The van der Waals surface area contributed by atoms with E-state index in [0.29, 0.717) is 18.8 Å². The Morgan fingerprint density at radius 1 is 1.45 bits per heavy atom. The van der Waals surface area contributed by atoms with Crippen molar-refractivity contribution < 1.29 is 10.0 Å². The summed E-state index contributed by atoms with van der Waals surface area (Å²) < 4.78 is 0. The number of carbonyl (C=O) groups excluding carboxylic acids is 1. The molecule has 4 N–H and O–H groups in total. The summed E-state index contributed by atoms with van der Waals surface area (Å²) in [5.41, 5.74) is 4.93. The lowest BCUT2D eigenvalue weighted by Gasteiger charge is -2.40. The zero-order valence-electron chi connectivity index (χ0n) is 13.0. The van der Waals surface area contributed by atoms with Crippen LogP contribution in [0.5, 0.6) is 0 Å². The van der Waals surface area contributed by atoms with E-state index in [0.717, 1.165) is 19.4 Å². The standard InChI is InChI=1S/C14H28N4O2/c1-10(2)8-11(9-18(3)4)16-13(19)14(6-5-7-14)12(15)17-20/h10-11,20H,5-9H2,1-4H3,(H2,15,17)(H,16,19). The molecule has 1 fully saturated rings. The van der Waals surface area contributed by atoms with Crippen molar-refractivity contribution in [3.8, 4) is 0 Å². The third-order valence-corrected chi connectivity index (χ3v) is 3.92. The molecule has 6 heteroatoms. The minimum atomic E-state index is -0.795. The first-order valence-corrected chi connectivity index (χ1v) is 7.25. The minimum Gasteiger partial charge on any atom is -0.409 e. The van der Waals surface area contributed by atoms with Gasteiger partial charge in [0.15, 0.2) is 5.84 Å². The Bertz CT molecular complexity index is 352. The van der Waals surface area contributed by atoms with Gasteiger partial charge in [-0.15, -0.1) is 0 Å². The van der Waals surface area contributed by atoms with Crippen LogP contribution < -0.4 is 11.1 Å². The number of hydrogen-bond acceptors (Lipinski definition) is 4. The summed E-state index contributed by atoms with van der Waals surface area (Å²) in [5, 5.41) is 15.0. The second kappa shape index (κ2) is 6.92. The number of carbonyl (C=O) groups is 1. The molecule has 1 rings (SSSR count). The molecule has 1 atom stereocenters. The normalized spacial score (nSPS) is 19.8. The Morgan fingerprint density at radius 2 is 2.05 bits per heavy atom. The van der Waals surface area contributed by atoms with Crippen molar-refractivity contribution in [3.05, 3.63) is 0 Å². The molecule has 1 unspecified atom stereocenters. The highest BCUT2D eigenvalue weighted by molar-refractivity contribution is 6.07. The highest BCUT2D eigenvalue weighted by Gasteiger charge is 2.48. The van der Waals surface area contributed by atoms with E-state index in [1.807, 2.05) is 14.1 Å². The number of nitrogens with zero attached hydrogens (tertiary/aromatic N) is 2. The molecular formula is C14H28N4O2. The van der Waals surface area contributed by atoms with Crippen molar-refractivity contribution in [2.75, 3.05) is 20.6 Å². The molecule has 0 spiro atoms. The van der Waals surface area contributed by atoms with Crippen LogP contribution in [0.25, 0.3) is 0 Å². The molecule has 0 radical (unpaired) electrons. The largest absolute Gasteiger partial charge is 0.409 e. The van der Waals surface area contributed by atoms with Crippen LogP contribution in [0.2, 0.25) is 0 Å². The summed E-state index contributed by atoms with van der Waals surface area (Å²) in [6, 6.07) is 0.0847. The monoisotopic (exact) mass is 284 g/mol. The molecule has 0 saturated heterocycles. The highest BCUT2D eigenvalue weighted by Crippen LogP contribution is 2.41. The molecule has 0 bridgehead atoms. The zero-order valence-corrected chi connectivity index (χ0v) is 13.0. The van der Waals surface area contributed by atoms with Crippen LogP contribution in [0, 0.1) is 11.3 Å². The van der Waals surface area contributed by atoms with E-state index < -0.39 is 5.41 Å². The predicted molar refractivity (Wildman–Crippen MR) is 79.6 cm³/mol. The lowest BCUT2D eigenvalue weighted by molar-refractivity contribution is -0.132. The fraction of sp³-hybridized carbons (Fsp3) is 0.857. The molecule has 1 amide bonds. The summed E-state index contributed by atoms with van der Waals surface area (Å²) in [5.74, 6) is 0.433. The van der Waals surface area contributed by atoms with Gasteiger partial charge in [-0.1, -0.05) is 25.4 Å². The Hall–Kier alpha value is -1.30. The third-order valence-electron chi connectivity index (χ3n) is 3.92. The molecule has 1 aliphatic rings. The van der Waals surface area contributed by atoms with Gasteiger partial charge in [-0.2, -0.15) is 0 Å². The van der Waals surface area contributed by atoms with Crippen LogP contribution >= 0.6 is 0 Å². The first-order chi connectivity index (χ1) is 9.31. The summed E-state index contributed by atoms with van der Waals surface area (Å²) in [6.07, 6.45) is 3.17. The van der Waals surface area contributed by atoms with E-state index in [1.165, 1.54) is 0 Å². The van der Waals surface area contributed by atoms with Crippen LogP contribution in [0.15, 0.2) is 5.16 Å². The average molecular weight is 284 g/mol. The first-order valence-electron chi connectivity index (χ1n) is 7.25. The number of oxime groups is 1. The van der Waals surface area contributed by atoms with Gasteiger partial charge < -0.3 is 21.2 Å². The van der Waals surface area contributed by atoms with Crippen molar-refractivity contribution >= 4 is 11.7 Å². The number of likely N-dealkylation sites (N-methyl/N-ethyl adjacent to an activating group) is 1. The molecule has 0 aromatic carbocycles. The molecule has 0 aromatic rings. The van der Waals surface area contributed by atoms with Crippen LogP contribution in [-0.2, 0) is 4.79 Å². The second-order valence-corrected chi connectivity index (χ2v) is 6.48.